The first-order chi connectivity index (χ1) is 8.60. The molecule has 0 aliphatic heterocycles. The van der Waals surface area contributed by atoms with Gasteiger partial charge in [-0.2, -0.15) is 5.10 Å². The van der Waals surface area contributed by atoms with Gasteiger partial charge in [0.1, 0.15) is 5.82 Å². The standard InChI is InChI=1S/C13H15BrFN3/c1-3-10-7-11(18(2)17-10)8-16-13-6-9(14)4-5-12(13)15/h4-7,16H,3,8H2,1-2H3. The molecular formula is C13H15BrFN3. The molecule has 96 valence electrons. The Labute approximate surface area is 114 Å². The molecule has 0 unspecified atom stereocenters. The van der Waals surface area contributed by atoms with Gasteiger partial charge in [-0.15, -0.1) is 0 Å². The topological polar surface area (TPSA) is 29.9 Å². The van der Waals surface area contributed by atoms with Crippen LogP contribution in [-0.2, 0) is 20.0 Å². The number of halogens is 2. The minimum absolute atomic E-state index is 0.254. The number of anilines is 1. The molecule has 0 aliphatic rings. The molecule has 2 rings (SSSR count). The van der Waals surface area contributed by atoms with Crippen LogP contribution in [0.25, 0.3) is 0 Å². The van der Waals surface area contributed by atoms with Crippen LogP contribution in [0.15, 0.2) is 28.7 Å². The Hall–Kier alpha value is -1.36. The number of nitrogens with one attached hydrogen (secondary N) is 1. The van der Waals surface area contributed by atoms with Crippen LogP contribution >= 0.6 is 15.9 Å². The van der Waals surface area contributed by atoms with Crippen molar-refractivity contribution in [3.05, 3.63) is 45.9 Å². The van der Waals surface area contributed by atoms with Gasteiger partial charge in [0.15, 0.2) is 0 Å². The number of hydrogen-bond acceptors (Lipinski definition) is 2. The molecule has 1 aromatic heterocycles. The normalized spacial score (nSPS) is 10.7. The SMILES string of the molecule is CCc1cc(CNc2cc(Br)ccc2F)n(C)n1. The molecule has 0 saturated carbocycles. The van der Waals surface area contributed by atoms with E-state index in [9.17, 15) is 4.39 Å². The van der Waals surface area contributed by atoms with Crippen LogP contribution in [0.2, 0.25) is 0 Å². The zero-order valence-electron chi connectivity index (χ0n) is 10.4. The predicted molar refractivity (Wildman–Crippen MR) is 74.0 cm³/mol. The number of benzene rings is 1. The summed E-state index contributed by atoms with van der Waals surface area (Å²) >= 11 is 3.33. The van der Waals surface area contributed by atoms with E-state index in [1.54, 1.807) is 12.1 Å². The fourth-order valence-electron chi connectivity index (χ4n) is 1.73. The smallest absolute Gasteiger partial charge is 0.146 e. The first-order valence-electron chi connectivity index (χ1n) is 5.81. The molecule has 1 heterocycles. The predicted octanol–water partition coefficient (Wildman–Crippen LogP) is 3.50. The van der Waals surface area contributed by atoms with Crippen molar-refractivity contribution in [3.63, 3.8) is 0 Å². The molecular weight excluding hydrogens is 297 g/mol. The minimum atomic E-state index is -0.254. The molecule has 1 N–H and O–H groups in total. The van der Waals surface area contributed by atoms with Crippen molar-refractivity contribution in [2.24, 2.45) is 7.05 Å². The van der Waals surface area contributed by atoms with Gasteiger partial charge in [-0.25, -0.2) is 4.39 Å². The van der Waals surface area contributed by atoms with Crippen molar-refractivity contribution in [2.45, 2.75) is 19.9 Å². The molecule has 1 aromatic carbocycles. The summed E-state index contributed by atoms with van der Waals surface area (Å²) in [6.07, 6.45) is 0.902. The number of rotatable bonds is 4. The first kappa shape index (κ1) is 13.1. The highest BCUT2D eigenvalue weighted by Gasteiger charge is 2.06. The summed E-state index contributed by atoms with van der Waals surface area (Å²) in [6.45, 7) is 2.62. The molecule has 0 aliphatic carbocycles. The summed E-state index contributed by atoms with van der Waals surface area (Å²) in [5.41, 5.74) is 2.57. The van der Waals surface area contributed by atoms with Gasteiger partial charge in [0, 0.05) is 11.5 Å². The van der Waals surface area contributed by atoms with Crippen molar-refractivity contribution in [2.75, 3.05) is 5.32 Å². The molecule has 3 nitrogen and oxygen atoms in total. The quantitative estimate of drug-likeness (QED) is 0.936. The average Bonchev–Trinajstić information content (AvgIpc) is 2.71. The van der Waals surface area contributed by atoms with Gasteiger partial charge in [-0.3, -0.25) is 4.68 Å². The number of nitrogens with zero attached hydrogens (tertiary/aromatic N) is 2. The Morgan fingerprint density at radius 1 is 1.39 bits per heavy atom. The Balaban J connectivity index is 2.11. The molecule has 0 radical (unpaired) electrons. The first-order valence-corrected chi connectivity index (χ1v) is 6.60. The molecule has 0 amide bonds. The van der Waals surface area contributed by atoms with Gasteiger partial charge in [0.25, 0.3) is 0 Å². The van der Waals surface area contributed by atoms with Crippen LogP contribution in [0, 0.1) is 5.82 Å². The Bertz CT molecular complexity index is 551. The summed E-state index contributed by atoms with van der Waals surface area (Å²) in [7, 11) is 1.90. The number of aryl methyl sites for hydroxylation is 2. The second-order valence-corrected chi connectivity index (χ2v) is 5.00. The zero-order chi connectivity index (χ0) is 13.1. The van der Waals surface area contributed by atoms with Gasteiger partial charge in [-0.05, 0) is 30.7 Å². The van der Waals surface area contributed by atoms with Crippen molar-refractivity contribution in [3.8, 4) is 0 Å². The maximum absolute atomic E-state index is 13.5. The van der Waals surface area contributed by atoms with Crippen molar-refractivity contribution in [1.82, 2.24) is 9.78 Å². The maximum Gasteiger partial charge on any atom is 0.146 e. The molecule has 0 bridgehead atoms. The van der Waals surface area contributed by atoms with E-state index in [-0.39, 0.29) is 5.82 Å². The molecule has 18 heavy (non-hydrogen) atoms. The second-order valence-electron chi connectivity index (χ2n) is 4.08. The molecule has 0 saturated heterocycles. The van der Waals surface area contributed by atoms with E-state index < -0.39 is 0 Å². The van der Waals surface area contributed by atoms with Crippen molar-refractivity contribution < 1.29 is 4.39 Å². The fraction of sp³-hybridized carbons (Fsp3) is 0.308. The van der Waals surface area contributed by atoms with E-state index in [1.165, 1.54) is 6.07 Å². The third-order valence-electron chi connectivity index (χ3n) is 2.78. The lowest BCUT2D eigenvalue weighted by molar-refractivity contribution is 0.628. The van der Waals surface area contributed by atoms with E-state index in [1.807, 2.05) is 17.8 Å². The van der Waals surface area contributed by atoms with E-state index in [4.69, 9.17) is 0 Å². The van der Waals surface area contributed by atoms with Crippen LogP contribution in [0.3, 0.4) is 0 Å². The highest BCUT2D eigenvalue weighted by Crippen LogP contribution is 2.20. The molecule has 0 atom stereocenters. The summed E-state index contributed by atoms with van der Waals surface area (Å²) in [5, 5.41) is 7.44. The Morgan fingerprint density at radius 2 is 2.17 bits per heavy atom. The third-order valence-corrected chi connectivity index (χ3v) is 3.27. The second kappa shape index (κ2) is 5.52. The van der Waals surface area contributed by atoms with Crippen LogP contribution in [-0.4, -0.2) is 9.78 Å². The van der Waals surface area contributed by atoms with Crippen molar-refractivity contribution in [1.29, 1.82) is 0 Å². The monoisotopic (exact) mass is 311 g/mol. The van der Waals surface area contributed by atoms with Gasteiger partial charge in [0.05, 0.1) is 23.6 Å². The minimum Gasteiger partial charge on any atom is -0.377 e. The summed E-state index contributed by atoms with van der Waals surface area (Å²) in [5.74, 6) is -0.254. The summed E-state index contributed by atoms with van der Waals surface area (Å²) in [6, 6.07) is 6.88. The maximum atomic E-state index is 13.5. The van der Waals surface area contributed by atoms with Crippen LogP contribution in [0.1, 0.15) is 18.3 Å². The lowest BCUT2D eigenvalue weighted by Gasteiger charge is -2.08. The molecule has 2 aromatic rings. The lowest BCUT2D eigenvalue weighted by Crippen LogP contribution is -2.06. The third kappa shape index (κ3) is 2.90. The van der Waals surface area contributed by atoms with E-state index in [0.717, 1.165) is 22.3 Å². The van der Waals surface area contributed by atoms with Gasteiger partial charge < -0.3 is 5.32 Å². The fourth-order valence-corrected chi connectivity index (χ4v) is 2.09. The summed E-state index contributed by atoms with van der Waals surface area (Å²) in [4.78, 5) is 0. The van der Waals surface area contributed by atoms with Gasteiger partial charge in [-0.1, -0.05) is 22.9 Å². The van der Waals surface area contributed by atoms with Crippen LogP contribution in [0.5, 0.6) is 0 Å². The lowest BCUT2D eigenvalue weighted by atomic mass is 10.2. The largest absolute Gasteiger partial charge is 0.377 e. The molecule has 0 fully saturated rings. The average molecular weight is 312 g/mol. The number of hydrogen-bond donors (Lipinski definition) is 1. The summed E-state index contributed by atoms with van der Waals surface area (Å²) < 4.78 is 16.2. The van der Waals surface area contributed by atoms with E-state index in [0.29, 0.717) is 12.2 Å². The highest BCUT2D eigenvalue weighted by atomic mass is 79.9. The Morgan fingerprint density at radius 3 is 2.83 bits per heavy atom. The molecule has 5 heteroatoms. The number of aromatic nitrogens is 2. The molecule has 0 spiro atoms. The highest BCUT2D eigenvalue weighted by molar-refractivity contribution is 9.10. The Kier molecular flexibility index (Phi) is 4.01. The van der Waals surface area contributed by atoms with Crippen LogP contribution in [0.4, 0.5) is 10.1 Å². The van der Waals surface area contributed by atoms with Gasteiger partial charge >= 0.3 is 0 Å². The van der Waals surface area contributed by atoms with Crippen molar-refractivity contribution >= 4 is 21.6 Å². The van der Waals surface area contributed by atoms with Crippen LogP contribution < -0.4 is 5.32 Å². The zero-order valence-corrected chi connectivity index (χ0v) is 12.0. The van der Waals surface area contributed by atoms with E-state index in [2.05, 4.69) is 33.3 Å². The van der Waals surface area contributed by atoms with Gasteiger partial charge in [0.2, 0.25) is 0 Å². The van der Waals surface area contributed by atoms with E-state index >= 15 is 0 Å².